The van der Waals surface area contributed by atoms with Crippen molar-refractivity contribution in [1.82, 2.24) is 9.55 Å². The van der Waals surface area contributed by atoms with Gasteiger partial charge in [-0.1, -0.05) is 48.5 Å². The van der Waals surface area contributed by atoms with E-state index >= 15 is 0 Å². The smallest absolute Gasteiger partial charge is 0.160 e. The molecule has 0 aliphatic carbocycles. The summed E-state index contributed by atoms with van der Waals surface area (Å²) in [6.45, 7) is 0. The molecule has 122 valence electrons. The third-order valence-electron chi connectivity index (χ3n) is 5.06. The first kappa shape index (κ1) is 13.7. The minimum Gasteiger partial charge on any atom is -0.454 e. The number of hydrogen-bond donors (Lipinski definition) is 0. The second kappa shape index (κ2) is 4.96. The molecule has 0 fully saturated rings. The van der Waals surface area contributed by atoms with E-state index in [-0.39, 0.29) is 0 Å². The molecule has 0 saturated carbocycles. The third-order valence-corrected chi connectivity index (χ3v) is 5.06. The van der Waals surface area contributed by atoms with Crippen LogP contribution in [-0.4, -0.2) is 9.55 Å². The van der Waals surface area contributed by atoms with Gasteiger partial charge in [-0.2, -0.15) is 0 Å². The normalized spacial score (nSPS) is 11.8. The average molecular weight is 334 g/mol. The molecule has 0 unspecified atom stereocenters. The number of benzene rings is 3. The van der Waals surface area contributed by atoms with Gasteiger partial charge in [0.2, 0.25) is 0 Å². The molecular formula is C23H14N2O. The van der Waals surface area contributed by atoms with Crippen molar-refractivity contribution in [3.8, 4) is 5.82 Å². The molecule has 3 heterocycles. The lowest BCUT2D eigenvalue weighted by molar-refractivity contribution is 0.671. The molecule has 6 aromatic rings. The van der Waals surface area contributed by atoms with Crippen molar-refractivity contribution in [2.24, 2.45) is 0 Å². The van der Waals surface area contributed by atoms with Crippen LogP contribution in [0, 0.1) is 0 Å². The molecule has 3 aromatic carbocycles. The molecular weight excluding hydrogens is 320 g/mol. The highest BCUT2D eigenvalue weighted by Gasteiger charge is 2.18. The minimum absolute atomic E-state index is 0.895. The van der Waals surface area contributed by atoms with Gasteiger partial charge in [-0.05, 0) is 30.3 Å². The Balaban J connectivity index is 1.92. The molecule has 0 atom stereocenters. The zero-order valence-corrected chi connectivity index (χ0v) is 13.9. The van der Waals surface area contributed by atoms with Crippen LogP contribution < -0.4 is 0 Å². The van der Waals surface area contributed by atoms with Crippen LogP contribution in [0.5, 0.6) is 0 Å². The van der Waals surface area contributed by atoms with Crippen LogP contribution in [0.2, 0.25) is 0 Å². The first-order valence-electron chi connectivity index (χ1n) is 8.66. The predicted octanol–water partition coefficient (Wildman–Crippen LogP) is 6.08. The van der Waals surface area contributed by atoms with Gasteiger partial charge in [-0.3, -0.25) is 4.57 Å². The number of para-hydroxylation sites is 2. The van der Waals surface area contributed by atoms with Gasteiger partial charge in [0.15, 0.2) is 5.58 Å². The van der Waals surface area contributed by atoms with E-state index in [0.29, 0.717) is 0 Å². The predicted molar refractivity (Wildman–Crippen MR) is 106 cm³/mol. The third kappa shape index (κ3) is 1.69. The van der Waals surface area contributed by atoms with Crippen LogP contribution in [0.4, 0.5) is 0 Å². The van der Waals surface area contributed by atoms with Gasteiger partial charge >= 0.3 is 0 Å². The van der Waals surface area contributed by atoms with Crippen molar-refractivity contribution in [2.45, 2.75) is 0 Å². The second-order valence-corrected chi connectivity index (χ2v) is 6.48. The van der Waals surface area contributed by atoms with Crippen molar-refractivity contribution in [2.75, 3.05) is 0 Å². The van der Waals surface area contributed by atoms with Crippen molar-refractivity contribution in [3.05, 3.63) is 85.1 Å². The van der Waals surface area contributed by atoms with E-state index in [9.17, 15) is 0 Å². The minimum atomic E-state index is 0.895. The Kier molecular flexibility index (Phi) is 2.61. The molecule has 3 heteroatoms. The van der Waals surface area contributed by atoms with Gasteiger partial charge < -0.3 is 4.42 Å². The van der Waals surface area contributed by atoms with Gasteiger partial charge in [0.1, 0.15) is 11.4 Å². The number of furan rings is 1. The second-order valence-electron chi connectivity index (χ2n) is 6.48. The van der Waals surface area contributed by atoms with Crippen molar-refractivity contribution in [3.63, 3.8) is 0 Å². The largest absolute Gasteiger partial charge is 0.454 e. The first-order chi connectivity index (χ1) is 12.9. The highest BCUT2D eigenvalue weighted by molar-refractivity contribution is 6.21. The van der Waals surface area contributed by atoms with Crippen molar-refractivity contribution < 1.29 is 4.42 Å². The number of aromatic nitrogens is 2. The molecule has 3 nitrogen and oxygen atoms in total. The Morgan fingerprint density at radius 2 is 1.42 bits per heavy atom. The fourth-order valence-corrected chi connectivity index (χ4v) is 3.95. The number of fused-ring (bicyclic) bond motifs is 7. The van der Waals surface area contributed by atoms with E-state index in [4.69, 9.17) is 4.42 Å². The van der Waals surface area contributed by atoms with Crippen LogP contribution in [0.3, 0.4) is 0 Å². The Morgan fingerprint density at radius 3 is 2.31 bits per heavy atom. The Labute approximate surface area is 149 Å². The molecule has 0 saturated heterocycles. The maximum atomic E-state index is 6.31. The number of rotatable bonds is 1. The van der Waals surface area contributed by atoms with Crippen molar-refractivity contribution in [1.29, 1.82) is 0 Å². The lowest BCUT2D eigenvalue weighted by Crippen LogP contribution is -1.96. The van der Waals surface area contributed by atoms with Crippen molar-refractivity contribution >= 4 is 43.7 Å². The lowest BCUT2D eigenvalue weighted by atomic mass is 10.1. The summed E-state index contributed by atoms with van der Waals surface area (Å²) in [4.78, 5) is 4.60. The van der Waals surface area contributed by atoms with Gasteiger partial charge in [0.25, 0.3) is 0 Å². The van der Waals surface area contributed by atoms with E-state index < -0.39 is 0 Å². The Hall–Kier alpha value is -3.59. The monoisotopic (exact) mass is 334 g/mol. The van der Waals surface area contributed by atoms with Gasteiger partial charge in [0, 0.05) is 27.7 Å². The van der Waals surface area contributed by atoms with E-state index in [1.54, 1.807) is 0 Å². The lowest BCUT2D eigenvalue weighted by Gasteiger charge is -2.06. The molecule has 0 amide bonds. The summed E-state index contributed by atoms with van der Waals surface area (Å²) < 4.78 is 8.51. The maximum Gasteiger partial charge on any atom is 0.160 e. The highest BCUT2D eigenvalue weighted by Crippen LogP contribution is 2.39. The highest BCUT2D eigenvalue weighted by atomic mass is 16.3. The fourth-order valence-electron chi connectivity index (χ4n) is 3.95. The molecule has 0 N–H and O–H groups in total. The molecule has 6 rings (SSSR count). The van der Waals surface area contributed by atoms with Gasteiger partial charge in [0.05, 0.1) is 11.0 Å². The summed E-state index contributed by atoms with van der Waals surface area (Å²) in [6.07, 6.45) is 1.83. The fraction of sp³-hybridized carbons (Fsp3) is 0. The standard InChI is InChI=1S/C23H14N2O/c1-3-9-19-15(7-1)17-12-13-18-16-8-2-4-10-20(16)26-23(18)22(17)25(19)21-11-5-6-14-24-21/h1-14H. The molecule has 3 aromatic heterocycles. The number of pyridine rings is 1. The zero-order valence-electron chi connectivity index (χ0n) is 13.9. The summed E-state index contributed by atoms with van der Waals surface area (Å²) in [5.41, 5.74) is 4.02. The van der Waals surface area contributed by atoms with Crippen LogP contribution in [0.1, 0.15) is 0 Å². The molecule has 0 bridgehead atoms. The number of nitrogens with zero attached hydrogens (tertiary/aromatic N) is 2. The molecule has 0 aliphatic rings. The van der Waals surface area contributed by atoms with E-state index in [2.05, 4.69) is 58.1 Å². The van der Waals surface area contributed by atoms with Crippen LogP contribution in [0.25, 0.3) is 49.6 Å². The Bertz CT molecular complexity index is 1420. The van der Waals surface area contributed by atoms with E-state index in [1.807, 2.05) is 36.5 Å². The molecule has 0 aliphatic heterocycles. The summed E-state index contributed by atoms with van der Waals surface area (Å²) in [6, 6.07) is 27.0. The SMILES string of the molecule is c1ccc(-n2c3ccccc3c3ccc4c5ccccc5oc4c32)nc1. The average Bonchev–Trinajstić information content (AvgIpc) is 3.24. The summed E-state index contributed by atoms with van der Waals surface area (Å²) in [5, 5.41) is 4.66. The quantitative estimate of drug-likeness (QED) is 0.365. The molecule has 26 heavy (non-hydrogen) atoms. The van der Waals surface area contributed by atoms with Crippen LogP contribution >= 0.6 is 0 Å². The van der Waals surface area contributed by atoms with E-state index in [0.717, 1.165) is 38.8 Å². The Morgan fingerprint density at radius 1 is 0.654 bits per heavy atom. The summed E-state index contributed by atoms with van der Waals surface area (Å²) >= 11 is 0. The van der Waals surface area contributed by atoms with Gasteiger partial charge in [-0.25, -0.2) is 4.98 Å². The number of hydrogen-bond acceptors (Lipinski definition) is 2. The first-order valence-corrected chi connectivity index (χ1v) is 8.66. The summed E-state index contributed by atoms with van der Waals surface area (Å²) in [5.74, 6) is 0.895. The van der Waals surface area contributed by atoms with Crippen LogP contribution in [0.15, 0.2) is 89.5 Å². The zero-order chi connectivity index (χ0) is 17.1. The summed E-state index contributed by atoms with van der Waals surface area (Å²) in [7, 11) is 0. The molecule has 0 radical (unpaired) electrons. The van der Waals surface area contributed by atoms with E-state index in [1.165, 1.54) is 10.8 Å². The molecule has 0 spiro atoms. The van der Waals surface area contributed by atoms with Gasteiger partial charge in [-0.15, -0.1) is 0 Å². The maximum absolute atomic E-state index is 6.31. The van der Waals surface area contributed by atoms with Crippen LogP contribution in [-0.2, 0) is 0 Å². The topological polar surface area (TPSA) is 31.0 Å².